The highest BCUT2D eigenvalue weighted by molar-refractivity contribution is 14.1. The molecular weight excluding hydrogens is 518 g/mol. The Labute approximate surface area is 161 Å². The van der Waals surface area contributed by atoms with Crippen molar-refractivity contribution in [3.63, 3.8) is 0 Å². The van der Waals surface area contributed by atoms with E-state index in [1.54, 1.807) is 18.2 Å². The van der Waals surface area contributed by atoms with Crippen LogP contribution in [0.15, 0.2) is 42.0 Å². The predicted molar refractivity (Wildman–Crippen MR) is 107 cm³/mol. The van der Waals surface area contributed by atoms with E-state index in [0.717, 1.165) is 9.13 Å². The predicted octanol–water partition coefficient (Wildman–Crippen LogP) is 4.46. The Morgan fingerprint density at radius 1 is 1.26 bits per heavy atom. The Kier molecular flexibility index (Phi) is 6.01. The van der Waals surface area contributed by atoms with Gasteiger partial charge in [-0.05, 0) is 82.4 Å². The summed E-state index contributed by atoms with van der Waals surface area (Å²) < 4.78 is 1.57. The van der Waals surface area contributed by atoms with Crippen molar-refractivity contribution < 1.29 is 9.90 Å². The van der Waals surface area contributed by atoms with E-state index in [2.05, 4.69) is 27.9 Å². The number of amides is 1. The minimum absolute atomic E-state index is 0.0573. The average Bonchev–Trinajstić information content (AvgIpc) is 2.51. The molecule has 2 N–H and O–H groups in total. The molecule has 0 saturated heterocycles. The van der Waals surface area contributed by atoms with Crippen molar-refractivity contribution in [3.8, 4) is 11.8 Å². The van der Waals surface area contributed by atoms with Gasteiger partial charge in [0.25, 0.3) is 5.91 Å². The summed E-state index contributed by atoms with van der Waals surface area (Å²) in [6.45, 7) is 1.95. The first-order valence-electron chi connectivity index (χ1n) is 6.58. The fourth-order valence-electron chi connectivity index (χ4n) is 1.84. The second-order valence-electron chi connectivity index (χ2n) is 4.82. The van der Waals surface area contributed by atoms with Crippen LogP contribution in [-0.4, -0.2) is 11.0 Å². The zero-order valence-corrected chi connectivity index (χ0v) is 16.4. The normalized spacial score (nSPS) is 11.0. The number of halogens is 2. The topological polar surface area (TPSA) is 73.1 Å². The number of nitrogens with one attached hydrogen (secondary N) is 1. The van der Waals surface area contributed by atoms with Crippen LogP contribution in [0, 0.1) is 25.4 Å². The largest absolute Gasteiger partial charge is 0.506 e. The summed E-state index contributed by atoms with van der Waals surface area (Å²) in [6, 6.07) is 12.7. The summed E-state index contributed by atoms with van der Waals surface area (Å²) in [5.41, 5.74) is 2.07. The van der Waals surface area contributed by atoms with E-state index in [1.165, 1.54) is 6.08 Å². The first-order valence-corrected chi connectivity index (χ1v) is 8.74. The van der Waals surface area contributed by atoms with Gasteiger partial charge in [-0.2, -0.15) is 5.26 Å². The van der Waals surface area contributed by atoms with E-state index < -0.39 is 5.91 Å². The summed E-state index contributed by atoms with van der Waals surface area (Å²) in [6.07, 6.45) is 1.39. The van der Waals surface area contributed by atoms with Crippen molar-refractivity contribution in [2.45, 2.75) is 6.92 Å². The molecule has 0 aliphatic rings. The highest BCUT2D eigenvalue weighted by Crippen LogP contribution is 2.28. The van der Waals surface area contributed by atoms with Crippen LogP contribution in [-0.2, 0) is 4.79 Å². The highest BCUT2D eigenvalue weighted by Gasteiger charge is 2.12. The van der Waals surface area contributed by atoms with Crippen molar-refractivity contribution in [2.75, 3.05) is 5.32 Å². The molecule has 0 aliphatic heterocycles. The van der Waals surface area contributed by atoms with Gasteiger partial charge < -0.3 is 10.4 Å². The van der Waals surface area contributed by atoms with E-state index in [-0.39, 0.29) is 11.3 Å². The second-order valence-corrected chi connectivity index (χ2v) is 7.22. The standard InChI is InChI=1S/C17H12I2N2O2/c1-10-2-4-14(5-3-10)21-17(23)12(9-20)6-11-7-13(18)8-15(19)16(11)22/h2-8,22H,1H3,(H,21,23)/b12-6-. The number of phenols is 1. The molecule has 0 atom stereocenters. The van der Waals surface area contributed by atoms with Crippen LogP contribution in [0.5, 0.6) is 5.75 Å². The molecule has 0 heterocycles. The van der Waals surface area contributed by atoms with E-state index in [4.69, 9.17) is 0 Å². The number of aryl methyl sites for hydroxylation is 1. The fraction of sp³-hybridized carbons (Fsp3) is 0.0588. The SMILES string of the molecule is Cc1ccc(NC(=O)/C(C#N)=C\c2cc(I)cc(I)c2O)cc1. The van der Waals surface area contributed by atoms with Gasteiger partial charge in [0.2, 0.25) is 0 Å². The van der Waals surface area contributed by atoms with Gasteiger partial charge in [-0.3, -0.25) is 4.79 Å². The molecule has 23 heavy (non-hydrogen) atoms. The maximum absolute atomic E-state index is 12.2. The van der Waals surface area contributed by atoms with Gasteiger partial charge in [0, 0.05) is 14.8 Å². The van der Waals surface area contributed by atoms with Crippen LogP contribution >= 0.6 is 45.2 Å². The maximum atomic E-state index is 12.2. The molecule has 4 nitrogen and oxygen atoms in total. The van der Waals surface area contributed by atoms with Crippen molar-refractivity contribution in [1.29, 1.82) is 5.26 Å². The molecule has 2 aromatic rings. The number of benzene rings is 2. The third kappa shape index (κ3) is 4.68. The number of aromatic hydroxyl groups is 1. The first-order chi connectivity index (χ1) is 10.9. The number of hydrogen-bond donors (Lipinski definition) is 2. The molecule has 0 radical (unpaired) electrons. The molecular formula is C17H12I2N2O2. The van der Waals surface area contributed by atoms with Crippen LogP contribution in [0.2, 0.25) is 0 Å². The van der Waals surface area contributed by atoms with Crippen molar-refractivity contribution in [3.05, 3.63) is 60.2 Å². The minimum atomic E-state index is -0.510. The van der Waals surface area contributed by atoms with Crippen LogP contribution in [0.25, 0.3) is 6.08 Å². The molecule has 0 saturated carbocycles. The van der Waals surface area contributed by atoms with E-state index in [9.17, 15) is 15.2 Å². The Morgan fingerprint density at radius 2 is 1.91 bits per heavy atom. The lowest BCUT2D eigenvalue weighted by Crippen LogP contribution is -2.13. The van der Waals surface area contributed by atoms with Crippen molar-refractivity contribution >= 4 is 62.9 Å². The fourth-order valence-corrected chi connectivity index (χ4v) is 3.72. The number of rotatable bonds is 3. The van der Waals surface area contributed by atoms with Gasteiger partial charge in [0.1, 0.15) is 17.4 Å². The van der Waals surface area contributed by atoms with Gasteiger partial charge in [0.05, 0.1) is 3.57 Å². The molecule has 2 rings (SSSR count). The molecule has 0 unspecified atom stereocenters. The second kappa shape index (κ2) is 7.79. The number of carbonyl (C=O) groups excluding carboxylic acids is 1. The van der Waals surface area contributed by atoms with Crippen molar-refractivity contribution in [1.82, 2.24) is 0 Å². The zero-order valence-electron chi connectivity index (χ0n) is 12.1. The van der Waals surface area contributed by atoms with Gasteiger partial charge in [-0.1, -0.05) is 17.7 Å². The molecule has 116 valence electrons. The maximum Gasteiger partial charge on any atom is 0.266 e. The van der Waals surface area contributed by atoms with Crippen LogP contribution < -0.4 is 5.32 Å². The lowest BCUT2D eigenvalue weighted by atomic mass is 10.1. The summed E-state index contributed by atoms with van der Waals surface area (Å²) >= 11 is 4.12. The quantitative estimate of drug-likeness (QED) is 0.350. The molecule has 0 fully saturated rings. The molecule has 0 spiro atoms. The summed E-state index contributed by atoms with van der Waals surface area (Å²) in [7, 11) is 0. The first kappa shape index (κ1) is 17.7. The molecule has 2 aromatic carbocycles. The van der Waals surface area contributed by atoms with Gasteiger partial charge in [0.15, 0.2) is 0 Å². The van der Waals surface area contributed by atoms with Gasteiger partial charge in [-0.25, -0.2) is 0 Å². The van der Waals surface area contributed by atoms with E-state index >= 15 is 0 Å². The molecule has 0 bridgehead atoms. The number of hydrogen-bond acceptors (Lipinski definition) is 3. The van der Waals surface area contributed by atoms with Crippen LogP contribution in [0.4, 0.5) is 5.69 Å². The number of carbonyl (C=O) groups is 1. The Hall–Kier alpha value is -1.60. The van der Waals surface area contributed by atoms with E-state index in [1.807, 2.05) is 53.8 Å². The summed E-state index contributed by atoms with van der Waals surface area (Å²) in [5, 5.41) is 22.0. The third-order valence-electron chi connectivity index (χ3n) is 3.03. The molecule has 0 aromatic heterocycles. The Balaban J connectivity index is 2.30. The zero-order chi connectivity index (χ0) is 17.0. The Bertz CT molecular complexity index is 822. The molecule has 0 aliphatic carbocycles. The van der Waals surface area contributed by atoms with Crippen molar-refractivity contribution in [2.24, 2.45) is 0 Å². The van der Waals surface area contributed by atoms with Gasteiger partial charge in [-0.15, -0.1) is 0 Å². The van der Waals surface area contributed by atoms with Gasteiger partial charge >= 0.3 is 0 Å². The molecule has 6 heteroatoms. The third-order valence-corrected chi connectivity index (χ3v) is 4.48. The lowest BCUT2D eigenvalue weighted by Gasteiger charge is -2.06. The number of nitriles is 1. The molecule has 1 amide bonds. The average molecular weight is 530 g/mol. The number of phenolic OH excluding ortho intramolecular Hbond substituents is 1. The number of anilines is 1. The highest BCUT2D eigenvalue weighted by atomic mass is 127. The summed E-state index contributed by atoms with van der Waals surface area (Å²) in [4.78, 5) is 12.2. The smallest absolute Gasteiger partial charge is 0.266 e. The van der Waals surface area contributed by atoms with Crippen LogP contribution in [0.1, 0.15) is 11.1 Å². The minimum Gasteiger partial charge on any atom is -0.506 e. The summed E-state index contributed by atoms with van der Waals surface area (Å²) in [5.74, 6) is -0.452. The van der Waals surface area contributed by atoms with E-state index in [0.29, 0.717) is 14.8 Å². The lowest BCUT2D eigenvalue weighted by molar-refractivity contribution is -0.112. The number of nitrogens with zero attached hydrogens (tertiary/aromatic N) is 1. The Morgan fingerprint density at radius 3 is 2.52 bits per heavy atom. The van der Waals surface area contributed by atoms with Crippen LogP contribution in [0.3, 0.4) is 0 Å². The monoisotopic (exact) mass is 530 g/mol.